The summed E-state index contributed by atoms with van der Waals surface area (Å²) in [6, 6.07) is 20.6. The Morgan fingerprint density at radius 1 is 0.929 bits per heavy atom. The van der Waals surface area contributed by atoms with Crippen LogP contribution >= 0.6 is 0 Å². The molecule has 1 aliphatic carbocycles. The van der Waals surface area contributed by atoms with Gasteiger partial charge in [-0.3, -0.25) is 24.5 Å². The second kappa shape index (κ2) is 13.4. The Kier molecular flexibility index (Phi) is 9.48. The van der Waals surface area contributed by atoms with Crippen molar-refractivity contribution in [2.75, 3.05) is 11.9 Å². The van der Waals surface area contributed by atoms with Crippen molar-refractivity contribution in [3.63, 3.8) is 0 Å². The molecule has 0 bridgehead atoms. The van der Waals surface area contributed by atoms with E-state index in [0.29, 0.717) is 24.1 Å². The normalized spacial score (nSPS) is 13.9. The van der Waals surface area contributed by atoms with Crippen LogP contribution in [0.5, 0.6) is 5.75 Å². The zero-order valence-corrected chi connectivity index (χ0v) is 22.8. The van der Waals surface area contributed by atoms with Crippen molar-refractivity contribution < 1.29 is 33.6 Å². The van der Waals surface area contributed by atoms with E-state index in [-0.39, 0.29) is 36.5 Å². The maximum absolute atomic E-state index is 13.0. The molecule has 12 nitrogen and oxygen atoms in total. The van der Waals surface area contributed by atoms with Gasteiger partial charge < -0.3 is 25.4 Å². The highest BCUT2D eigenvalue weighted by Crippen LogP contribution is 2.42. The largest absolute Gasteiger partial charge is 0.514 e. The number of nitrogens with zero attached hydrogens (tertiary/aromatic N) is 1. The lowest BCUT2D eigenvalue weighted by Crippen LogP contribution is -2.56. The summed E-state index contributed by atoms with van der Waals surface area (Å²) in [5.41, 5.74) is 0.679. The Hall–Kier alpha value is -5.26. The molecule has 1 saturated carbocycles. The quantitative estimate of drug-likeness (QED) is 0.0995. The molecule has 1 atom stereocenters. The number of nitro benzene ring substituents is 1. The molecule has 1 fully saturated rings. The zero-order valence-electron chi connectivity index (χ0n) is 22.8. The minimum Gasteiger partial charge on any atom is -0.429 e. The Morgan fingerprint density at radius 3 is 2.19 bits per heavy atom. The Balaban J connectivity index is 1.20. The van der Waals surface area contributed by atoms with E-state index >= 15 is 0 Å². The molecule has 0 radical (unpaired) electrons. The number of non-ortho nitro benzene ring substituents is 1. The van der Waals surface area contributed by atoms with Gasteiger partial charge in [0, 0.05) is 17.8 Å². The second-order valence-corrected chi connectivity index (χ2v) is 9.86. The monoisotopic (exact) mass is 574 g/mol. The van der Waals surface area contributed by atoms with E-state index < -0.39 is 28.3 Å². The number of hydrogen-bond donors (Lipinski definition) is 3. The maximum atomic E-state index is 13.0. The van der Waals surface area contributed by atoms with E-state index in [4.69, 9.17) is 9.47 Å². The molecule has 3 aromatic carbocycles. The van der Waals surface area contributed by atoms with Crippen LogP contribution in [-0.2, 0) is 25.7 Å². The number of benzene rings is 3. The standard InChI is InChI=1S/C30H30N4O8/c1-20(22-6-3-2-4-7-22)32-28(37)30(16-5-17-30)27(36)31-18-26(35)33-23-10-8-21(9-11-23)19-41-29(38)42-25-14-12-24(13-15-25)34(39)40/h2-4,6-15,20H,5,16-19H2,1H3,(H,31,36)(H,32,37)(H,33,35). The summed E-state index contributed by atoms with van der Waals surface area (Å²) in [6.45, 7) is 1.44. The van der Waals surface area contributed by atoms with Gasteiger partial charge in [0.2, 0.25) is 17.7 Å². The topological polar surface area (TPSA) is 166 Å². The number of amides is 3. The van der Waals surface area contributed by atoms with Crippen LogP contribution in [0.1, 0.15) is 43.4 Å². The van der Waals surface area contributed by atoms with Crippen molar-refractivity contribution in [1.29, 1.82) is 0 Å². The van der Waals surface area contributed by atoms with Gasteiger partial charge in [0.15, 0.2) is 0 Å². The van der Waals surface area contributed by atoms with Crippen LogP contribution in [0.15, 0.2) is 78.9 Å². The summed E-state index contributed by atoms with van der Waals surface area (Å²) in [5, 5.41) is 18.9. The molecule has 3 amide bonds. The number of ether oxygens (including phenoxy) is 2. The molecule has 0 heterocycles. The highest BCUT2D eigenvalue weighted by atomic mass is 16.7. The van der Waals surface area contributed by atoms with E-state index in [1.54, 1.807) is 24.3 Å². The van der Waals surface area contributed by atoms with Gasteiger partial charge in [0.05, 0.1) is 17.5 Å². The highest BCUT2D eigenvalue weighted by molar-refractivity contribution is 6.07. The molecule has 0 saturated heterocycles. The summed E-state index contributed by atoms with van der Waals surface area (Å²) >= 11 is 0. The zero-order chi connectivity index (χ0) is 30.1. The third-order valence-electron chi connectivity index (χ3n) is 6.98. The predicted molar refractivity (Wildman–Crippen MR) is 151 cm³/mol. The highest BCUT2D eigenvalue weighted by Gasteiger charge is 2.51. The van der Waals surface area contributed by atoms with Crippen LogP contribution in [0.2, 0.25) is 0 Å². The fraction of sp³-hybridized carbons (Fsp3) is 0.267. The summed E-state index contributed by atoms with van der Waals surface area (Å²) in [4.78, 5) is 60.5. The smallest absolute Gasteiger partial charge is 0.429 e. The summed E-state index contributed by atoms with van der Waals surface area (Å²) in [5.74, 6) is -1.19. The van der Waals surface area contributed by atoms with Crippen LogP contribution in [0.3, 0.4) is 0 Å². The van der Waals surface area contributed by atoms with E-state index in [9.17, 15) is 29.3 Å². The molecule has 3 N–H and O–H groups in total. The van der Waals surface area contributed by atoms with E-state index in [1.165, 1.54) is 24.3 Å². The fourth-order valence-electron chi connectivity index (χ4n) is 4.37. The van der Waals surface area contributed by atoms with Gasteiger partial charge in [0.1, 0.15) is 17.8 Å². The number of carbonyl (C=O) groups excluding carboxylic acids is 4. The van der Waals surface area contributed by atoms with Crippen LogP contribution in [0.25, 0.3) is 0 Å². The Labute approximate surface area is 241 Å². The predicted octanol–water partition coefficient (Wildman–Crippen LogP) is 4.41. The van der Waals surface area contributed by atoms with Gasteiger partial charge in [-0.25, -0.2) is 4.79 Å². The molecule has 3 aromatic rings. The lowest BCUT2D eigenvalue weighted by molar-refractivity contribution is -0.384. The SMILES string of the molecule is CC(NC(=O)C1(C(=O)NCC(=O)Nc2ccc(COC(=O)Oc3ccc([N+](=O)[O-])cc3)cc2)CCC1)c1ccccc1. The molecule has 0 spiro atoms. The summed E-state index contributed by atoms with van der Waals surface area (Å²) < 4.78 is 10.0. The third kappa shape index (κ3) is 7.47. The van der Waals surface area contributed by atoms with E-state index in [0.717, 1.165) is 12.0 Å². The fourth-order valence-corrected chi connectivity index (χ4v) is 4.37. The van der Waals surface area contributed by atoms with Gasteiger partial charge >= 0.3 is 6.16 Å². The van der Waals surface area contributed by atoms with E-state index in [2.05, 4.69) is 16.0 Å². The molecule has 42 heavy (non-hydrogen) atoms. The average Bonchev–Trinajstić information content (AvgIpc) is 2.96. The van der Waals surface area contributed by atoms with Crippen molar-refractivity contribution in [1.82, 2.24) is 10.6 Å². The molecule has 218 valence electrons. The maximum Gasteiger partial charge on any atom is 0.514 e. The molecule has 1 aliphatic rings. The lowest BCUT2D eigenvalue weighted by Gasteiger charge is -2.39. The average molecular weight is 575 g/mol. The number of anilines is 1. The molecular formula is C30H30N4O8. The summed E-state index contributed by atoms with van der Waals surface area (Å²) in [7, 11) is 0. The van der Waals surface area contributed by atoms with Crippen molar-refractivity contribution in [3.05, 3.63) is 100 Å². The number of carbonyl (C=O) groups is 4. The van der Waals surface area contributed by atoms with Crippen molar-refractivity contribution in [2.24, 2.45) is 5.41 Å². The minimum atomic E-state index is -1.19. The van der Waals surface area contributed by atoms with Crippen LogP contribution in [-0.4, -0.2) is 35.3 Å². The molecule has 0 aliphatic heterocycles. The first-order valence-corrected chi connectivity index (χ1v) is 13.3. The van der Waals surface area contributed by atoms with Crippen molar-refractivity contribution in [3.8, 4) is 5.75 Å². The lowest BCUT2D eigenvalue weighted by atomic mass is 9.67. The minimum absolute atomic E-state index is 0.0985. The van der Waals surface area contributed by atoms with Crippen molar-refractivity contribution >= 4 is 35.3 Å². The Morgan fingerprint density at radius 2 is 1.60 bits per heavy atom. The van der Waals surface area contributed by atoms with Crippen LogP contribution < -0.4 is 20.7 Å². The van der Waals surface area contributed by atoms with Gasteiger partial charge in [-0.05, 0) is 55.2 Å². The third-order valence-corrected chi connectivity index (χ3v) is 6.98. The van der Waals surface area contributed by atoms with Crippen LogP contribution in [0.4, 0.5) is 16.2 Å². The molecule has 1 unspecified atom stereocenters. The molecule has 0 aromatic heterocycles. The molecule has 4 rings (SSSR count). The summed E-state index contributed by atoms with van der Waals surface area (Å²) in [6.07, 6.45) is 0.596. The number of nitro groups is 1. The first-order chi connectivity index (χ1) is 20.2. The second-order valence-electron chi connectivity index (χ2n) is 9.86. The van der Waals surface area contributed by atoms with Crippen LogP contribution in [0, 0.1) is 15.5 Å². The van der Waals surface area contributed by atoms with E-state index in [1.807, 2.05) is 37.3 Å². The van der Waals surface area contributed by atoms with Crippen molar-refractivity contribution in [2.45, 2.75) is 38.8 Å². The van der Waals surface area contributed by atoms with Gasteiger partial charge in [0.25, 0.3) is 5.69 Å². The Bertz CT molecular complexity index is 1440. The van der Waals surface area contributed by atoms with Gasteiger partial charge in [-0.15, -0.1) is 0 Å². The van der Waals surface area contributed by atoms with Gasteiger partial charge in [-0.2, -0.15) is 0 Å². The molecular weight excluding hydrogens is 544 g/mol. The first kappa shape index (κ1) is 29.7. The van der Waals surface area contributed by atoms with Gasteiger partial charge in [-0.1, -0.05) is 48.9 Å². The number of nitrogens with one attached hydrogen (secondary N) is 3. The number of rotatable bonds is 11. The number of hydrogen-bond acceptors (Lipinski definition) is 8. The molecule has 12 heteroatoms. The first-order valence-electron chi connectivity index (χ1n) is 13.3.